The zero-order chi connectivity index (χ0) is 14.4. The average molecular weight is 281 g/mol. The van der Waals surface area contributed by atoms with Gasteiger partial charge in [-0.15, -0.1) is 0 Å². The number of hydrogen-bond acceptors (Lipinski definition) is 3. The topological polar surface area (TPSA) is 30.5 Å². The molecule has 0 amide bonds. The monoisotopic (exact) mass is 281 g/mol. The third kappa shape index (κ3) is 3.49. The van der Waals surface area contributed by atoms with E-state index in [-0.39, 0.29) is 11.2 Å². The lowest BCUT2D eigenvalue weighted by Gasteiger charge is -2.37. The lowest BCUT2D eigenvalue weighted by atomic mass is 9.77. The van der Waals surface area contributed by atoms with Crippen LogP contribution >= 0.6 is 0 Å². The predicted octanol–water partition coefficient (Wildman–Crippen LogP) is 2.78. The summed E-state index contributed by atoms with van der Waals surface area (Å²) in [5.41, 5.74) is 0.703. The molecule has 0 saturated carbocycles. The lowest BCUT2D eigenvalue weighted by molar-refractivity contribution is -0.00732. The summed E-state index contributed by atoms with van der Waals surface area (Å²) in [7, 11) is 1.50. The Morgan fingerprint density at radius 1 is 1.45 bits per heavy atom. The molecule has 0 aliphatic carbocycles. The van der Waals surface area contributed by atoms with E-state index in [1.165, 1.54) is 7.11 Å². The number of ether oxygens (including phenoxy) is 2. The lowest BCUT2D eigenvalue weighted by Crippen LogP contribution is -2.42. The molecule has 1 N–H and O–H groups in total. The van der Waals surface area contributed by atoms with E-state index < -0.39 is 0 Å². The van der Waals surface area contributed by atoms with Crippen molar-refractivity contribution in [1.82, 2.24) is 5.32 Å². The van der Waals surface area contributed by atoms with E-state index in [9.17, 15) is 4.39 Å². The third-order valence-electron chi connectivity index (χ3n) is 3.98. The Morgan fingerprint density at radius 2 is 2.30 bits per heavy atom. The number of benzene rings is 1. The second-order valence-corrected chi connectivity index (χ2v) is 5.55. The molecule has 4 heteroatoms. The van der Waals surface area contributed by atoms with Crippen LogP contribution in [0.15, 0.2) is 18.2 Å². The van der Waals surface area contributed by atoms with Crippen LogP contribution in [0, 0.1) is 11.2 Å². The quantitative estimate of drug-likeness (QED) is 0.869. The van der Waals surface area contributed by atoms with Gasteiger partial charge in [-0.05, 0) is 37.4 Å². The molecule has 0 radical (unpaired) electrons. The normalized spacial score (nSPS) is 22.8. The van der Waals surface area contributed by atoms with E-state index in [4.69, 9.17) is 9.47 Å². The molecule has 0 spiro atoms. The van der Waals surface area contributed by atoms with Crippen molar-refractivity contribution in [1.29, 1.82) is 0 Å². The molecule has 1 aliphatic rings. The van der Waals surface area contributed by atoms with Gasteiger partial charge in [0.05, 0.1) is 13.7 Å². The Balaban J connectivity index is 2.18. The first-order valence-electron chi connectivity index (χ1n) is 7.30. The SMILES string of the molecule is CCNCC1(Cc2cccc(OC)c2F)CCCOC1. The van der Waals surface area contributed by atoms with Crippen molar-refractivity contribution in [3.05, 3.63) is 29.6 Å². The first-order chi connectivity index (χ1) is 9.71. The van der Waals surface area contributed by atoms with Gasteiger partial charge in [-0.25, -0.2) is 4.39 Å². The molecule has 1 atom stereocenters. The van der Waals surface area contributed by atoms with Gasteiger partial charge in [-0.1, -0.05) is 19.1 Å². The summed E-state index contributed by atoms with van der Waals surface area (Å²) in [5.74, 6) is 0.0780. The van der Waals surface area contributed by atoms with Crippen LogP contribution < -0.4 is 10.1 Å². The second kappa shape index (κ2) is 7.04. The molecule has 1 fully saturated rings. The van der Waals surface area contributed by atoms with Crippen molar-refractivity contribution in [2.75, 3.05) is 33.4 Å². The molecule has 0 aromatic heterocycles. The summed E-state index contributed by atoms with van der Waals surface area (Å²) in [5, 5.41) is 3.39. The summed E-state index contributed by atoms with van der Waals surface area (Å²) in [6.45, 7) is 5.37. The number of hydrogen-bond donors (Lipinski definition) is 1. The van der Waals surface area contributed by atoms with Gasteiger partial charge >= 0.3 is 0 Å². The minimum absolute atomic E-state index is 0.0124. The fourth-order valence-electron chi connectivity index (χ4n) is 2.90. The molecule has 1 aromatic carbocycles. The first kappa shape index (κ1) is 15.3. The van der Waals surface area contributed by atoms with Gasteiger partial charge in [0.15, 0.2) is 11.6 Å². The van der Waals surface area contributed by atoms with Crippen molar-refractivity contribution in [2.45, 2.75) is 26.2 Å². The molecule has 2 rings (SSSR count). The van der Waals surface area contributed by atoms with Crippen LogP contribution in [0.5, 0.6) is 5.75 Å². The molecule has 20 heavy (non-hydrogen) atoms. The molecule has 1 saturated heterocycles. The maximum Gasteiger partial charge on any atom is 0.168 e. The Hall–Kier alpha value is -1.13. The molecule has 112 valence electrons. The molecular formula is C16H24FNO2. The van der Waals surface area contributed by atoms with Crippen LogP contribution in [0.1, 0.15) is 25.3 Å². The van der Waals surface area contributed by atoms with Crippen molar-refractivity contribution >= 4 is 0 Å². The van der Waals surface area contributed by atoms with Gasteiger partial charge in [-0.2, -0.15) is 0 Å². The first-order valence-corrected chi connectivity index (χ1v) is 7.30. The minimum atomic E-state index is -0.239. The number of nitrogens with one attached hydrogen (secondary N) is 1. The highest BCUT2D eigenvalue weighted by atomic mass is 19.1. The van der Waals surface area contributed by atoms with Crippen LogP contribution in [0.2, 0.25) is 0 Å². The fraction of sp³-hybridized carbons (Fsp3) is 0.625. The third-order valence-corrected chi connectivity index (χ3v) is 3.98. The Kier molecular flexibility index (Phi) is 5.38. The summed E-state index contributed by atoms with van der Waals surface area (Å²) in [6.07, 6.45) is 2.79. The van der Waals surface area contributed by atoms with Gasteiger partial charge in [0.25, 0.3) is 0 Å². The molecule has 1 aliphatic heterocycles. The van der Waals surface area contributed by atoms with Gasteiger partial charge in [0.2, 0.25) is 0 Å². The van der Waals surface area contributed by atoms with Crippen LogP contribution in [0.3, 0.4) is 0 Å². The van der Waals surface area contributed by atoms with E-state index in [1.807, 2.05) is 12.1 Å². The average Bonchev–Trinajstić information content (AvgIpc) is 2.48. The number of rotatable bonds is 6. The van der Waals surface area contributed by atoms with E-state index in [1.54, 1.807) is 6.07 Å². The largest absolute Gasteiger partial charge is 0.494 e. The summed E-state index contributed by atoms with van der Waals surface area (Å²) >= 11 is 0. The smallest absolute Gasteiger partial charge is 0.168 e. The minimum Gasteiger partial charge on any atom is -0.494 e. The van der Waals surface area contributed by atoms with Gasteiger partial charge in [-0.3, -0.25) is 0 Å². The fourth-order valence-corrected chi connectivity index (χ4v) is 2.90. The highest BCUT2D eigenvalue weighted by Gasteiger charge is 2.33. The van der Waals surface area contributed by atoms with E-state index in [2.05, 4.69) is 12.2 Å². The van der Waals surface area contributed by atoms with Crippen LogP contribution in [0.4, 0.5) is 4.39 Å². The van der Waals surface area contributed by atoms with Gasteiger partial charge in [0, 0.05) is 18.6 Å². The van der Waals surface area contributed by atoms with Gasteiger partial charge in [0.1, 0.15) is 0 Å². The molecule has 1 aromatic rings. The summed E-state index contributed by atoms with van der Waals surface area (Å²) in [4.78, 5) is 0. The zero-order valence-electron chi connectivity index (χ0n) is 12.4. The van der Waals surface area contributed by atoms with Crippen molar-refractivity contribution in [3.8, 4) is 5.75 Å². The second-order valence-electron chi connectivity index (χ2n) is 5.55. The van der Waals surface area contributed by atoms with E-state index >= 15 is 0 Å². The standard InChI is InChI=1S/C16H24FNO2/c1-3-18-11-16(8-5-9-20-12-16)10-13-6-4-7-14(19-2)15(13)17/h4,6-7,18H,3,5,8-12H2,1-2H3. The summed E-state index contributed by atoms with van der Waals surface area (Å²) < 4.78 is 25.1. The molecule has 3 nitrogen and oxygen atoms in total. The van der Waals surface area contributed by atoms with Crippen molar-refractivity contribution in [3.63, 3.8) is 0 Å². The molecule has 1 unspecified atom stereocenters. The zero-order valence-corrected chi connectivity index (χ0v) is 12.4. The highest BCUT2D eigenvalue weighted by molar-refractivity contribution is 5.32. The molecule has 1 heterocycles. The highest BCUT2D eigenvalue weighted by Crippen LogP contribution is 2.34. The maximum absolute atomic E-state index is 14.3. The van der Waals surface area contributed by atoms with Crippen molar-refractivity contribution in [2.24, 2.45) is 5.41 Å². The van der Waals surface area contributed by atoms with E-state index in [0.29, 0.717) is 24.3 Å². The van der Waals surface area contributed by atoms with Crippen LogP contribution in [0.25, 0.3) is 0 Å². The number of methoxy groups -OCH3 is 1. The predicted molar refractivity (Wildman–Crippen MR) is 77.7 cm³/mol. The number of halogens is 1. The summed E-state index contributed by atoms with van der Waals surface area (Å²) in [6, 6.07) is 5.36. The van der Waals surface area contributed by atoms with Crippen LogP contribution in [-0.4, -0.2) is 33.4 Å². The maximum atomic E-state index is 14.3. The molecular weight excluding hydrogens is 257 g/mol. The van der Waals surface area contributed by atoms with E-state index in [0.717, 1.165) is 32.5 Å². The molecule has 0 bridgehead atoms. The Labute approximate surface area is 120 Å². The van der Waals surface area contributed by atoms with Gasteiger partial charge < -0.3 is 14.8 Å². The Morgan fingerprint density at radius 3 is 2.95 bits per heavy atom. The van der Waals surface area contributed by atoms with Crippen molar-refractivity contribution < 1.29 is 13.9 Å². The van der Waals surface area contributed by atoms with Crippen LogP contribution in [-0.2, 0) is 11.2 Å². The Bertz CT molecular complexity index is 430.